The van der Waals surface area contributed by atoms with Crippen molar-refractivity contribution in [2.75, 3.05) is 0 Å². The third-order valence-corrected chi connectivity index (χ3v) is 1.35. The molecule has 9 heavy (non-hydrogen) atoms. The van der Waals surface area contributed by atoms with E-state index in [1.165, 1.54) is 0 Å². The van der Waals surface area contributed by atoms with Gasteiger partial charge in [-0.05, 0) is 18.6 Å². The van der Waals surface area contributed by atoms with E-state index in [2.05, 4.69) is 0 Å². The number of Topliss-reactive ketones (excluding diaryl/α,β-unsaturated/α-hetero) is 1. The molecule has 0 unspecified atom stereocenters. The first-order valence-electron chi connectivity index (χ1n) is 2.87. The zero-order valence-electron chi connectivity index (χ0n) is 5.35. The molecule has 0 saturated carbocycles. The number of carbonyl (C=O) groups excluding carboxylic acids is 1. The highest BCUT2D eigenvalue weighted by Gasteiger charge is 2.06. The Morgan fingerprint density at radius 2 is 2.33 bits per heavy atom. The molecule has 1 aliphatic rings. The van der Waals surface area contributed by atoms with Gasteiger partial charge in [0.2, 0.25) is 0 Å². The lowest BCUT2D eigenvalue weighted by molar-refractivity contribution is -0.114. The Bertz CT molecular complexity index is 201. The topological polar surface area (TPSA) is 43.1 Å². The summed E-state index contributed by atoms with van der Waals surface area (Å²) in [5, 5.41) is 0. The molecule has 1 aliphatic carbocycles. The van der Waals surface area contributed by atoms with Gasteiger partial charge in [-0.25, -0.2) is 0 Å². The summed E-state index contributed by atoms with van der Waals surface area (Å²) in [6, 6.07) is 0. The summed E-state index contributed by atoms with van der Waals surface area (Å²) >= 11 is 0. The van der Waals surface area contributed by atoms with E-state index in [4.69, 9.17) is 5.73 Å². The zero-order valence-corrected chi connectivity index (χ0v) is 5.35. The highest BCUT2D eigenvalue weighted by atomic mass is 16.1. The van der Waals surface area contributed by atoms with Gasteiger partial charge in [-0.15, -0.1) is 0 Å². The van der Waals surface area contributed by atoms with Gasteiger partial charge in [-0.2, -0.15) is 0 Å². The molecule has 2 nitrogen and oxygen atoms in total. The van der Waals surface area contributed by atoms with Crippen molar-refractivity contribution in [1.82, 2.24) is 0 Å². The van der Waals surface area contributed by atoms with E-state index in [1.807, 2.05) is 0 Å². The Balaban J connectivity index is 2.87. The van der Waals surface area contributed by atoms with Crippen molar-refractivity contribution in [3.63, 3.8) is 0 Å². The van der Waals surface area contributed by atoms with Crippen LogP contribution < -0.4 is 5.73 Å². The van der Waals surface area contributed by atoms with Crippen LogP contribution >= 0.6 is 0 Å². The van der Waals surface area contributed by atoms with E-state index in [0.717, 1.165) is 5.57 Å². The number of nitrogens with two attached hydrogens (primary N) is 1. The first-order chi connectivity index (χ1) is 4.20. The Kier molecular flexibility index (Phi) is 1.39. The van der Waals surface area contributed by atoms with Crippen LogP contribution in [0.15, 0.2) is 23.4 Å². The lowest BCUT2D eigenvalue weighted by Gasteiger charge is -2.03. The molecule has 2 heteroatoms. The number of allylic oxidation sites excluding steroid dienone is 3. The van der Waals surface area contributed by atoms with Crippen molar-refractivity contribution in [2.24, 2.45) is 5.73 Å². The molecule has 0 aliphatic heterocycles. The fourth-order valence-corrected chi connectivity index (χ4v) is 0.761. The molecule has 0 atom stereocenters. The maximum atomic E-state index is 10.8. The van der Waals surface area contributed by atoms with Crippen LogP contribution in [0.25, 0.3) is 0 Å². The SMILES string of the molecule is CC1=CC(N)=CCC1=O. The third-order valence-electron chi connectivity index (χ3n) is 1.35. The molecule has 0 aromatic carbocycles. The zero-order chi connectivity index (χ0) is 6.85. The van der Waals surface area contributed by atoms with E-state index in [9.17, 15) is 4.79 Å². The smallest absolute Gasteiger partial charge is 0.162 e. The van der Waals surface area contributed by atoms with E-state index >= 15 is 0 Å². The van der Waals surface area contributed by atoms with Crippen molar-refractivity contribution in [3.05, 3.63) is 23.4 Å². The van der Waals surface area contributed by atoms with Gasteiger partial charge in [0.15, 0.2) is 5.78 Å². The van der Waals surface area contributed by atoms with Gasteiger partial charge in [-0.3, -0.25) is 4.79 Å². The average molecular weight is 123 g/mol. The first-order valence-corrected chi connectivity index (χ1v) is 2.87. The van der Waals surface area contributed by atoms with Crippen molar-refractivity contribution < 1.29 is 4.79 Å². The van der Waals surface area contributed by atoms with Gasteiger partial charge >= 0.3 is 0 Å². The summed E-state index contributed by atoms with van der Waals surface area (Å²) in [7, 11) is 0. The summed E-state index contributed by atoms with van der Waals surface area (Å²) in [5.41, 5.74) is 6.88. The Morgan fingerprint density at radius 3 is 2.78 bits per heavy atom. The van der Waals surface area contributed by atoms with Crippen LogP contribution in [0.2, 0.25) is 0 Å². The number of ketones is 1. The van der Waals surface area contributed by atoms with Crippen molar-refractivity contribution in [1.29, 1.82) is 0 Å². The molecule has 2 N–H and O–H groups in total. The molecule has 0 aromatic rings. The summed E-state index contributed by atoms with van der Waals surface area (Å²) in [6.07, 6.45) is 3.90. The van der Waals surface area contributed by atoms with Crippen LogP contribution in [0.3, 0.4) is 0 Å². The quantitative estimate of drug-likeness (QED) is 0.516. The summed E-state index contributed by atoms with van der Waals surface area (Å²) in [6.45, 7) is 1.78. The third kappa shape index (κ3) is 1.19. The normalized spacial score (nSPS) is 19.0. The first kappa shape index (κ1) is 6.08. The van der Waals surface area contributed by atoms with E-state index in [0.29, 0.717) is 12.1 Å². The lowest BCUT2D eigenvalue weighted by Crippen LogP contribution is -2.07. The second-order valence-corrected chi connectivity index (χ2v) is 2.16. The van der Waals surface area contributed by atoms with Crippen molar-refractivity contribution in [3.8, 4) is 0 Å². The van der Waals surface area contributed by atoms with Crippen LogP contribution in [0.4, 0.5) is 0 Å². The second kappa shape index (κ2) is 2.05. The Labute approximate surface area is 54.0 Å². The summed E-state index contributed by atoms with van der Waals surface area (Å²) in [4.78, 5) is 10.8. The van der Waals surface area contributed by atoms with Crippen LogP contribution in [-0.2, 0) is 4.79 Å². The number of hydrogen-bond donors (Lipinski definition) is 1. The predicted octanol–water partition coefficient (Wildman–Crippen LogP) is 0.748. The molecule has 0 aromatic heterocycles. The minimum atomic E-state index is 0.171. The molecule has 0 heterocycles. The number of carbonyl (C=O) groups is 1. The van der Waals surface area contributed by atoms with Crippen LogP contribution in [0.5, 0.6) is 0 Å². The Morgan fingerprint density at radius 1 is 1.67 bits per heavy atom. The lowest BCUT2D eigenvalue weighted by atomic mass is 10.0. The number of hydrogen-bond acceptors (Lipinski definition) is 2. The Hall–Kier alpha value is -1.05. The molecule has 0 amide bonds. The van der Waals surface area contributed by atoms with Crippen molar-refractivity contribution in [2.45, 2.75) is 13.3 Å². The summed E-state index contributed by atoms with van der Waals surface area (Å²) < 4.78 is 0. The molecular formula is C7H9NO. The number of rotatable bonds is 0. The fourth-order valence-electron chi connectivity index (χ4n) is 0.761. The van der Waals surface area contributed by atoms with Crippen LogP contribution in [-0.4, -0.2) is 5.78 Å². The molecule has 0 spiro atoms. The molecule has 1 rings (SSSR count). The van der Waals surface area contributed by atoms with Gasteiger partial charge in [-0.1, -0.05) is 6.08 Å². The molecule has 0 saturated heterocycles. The fraction of sp³-hybridized carbons (Fsp3) is 0.286. The van der Waals surface area contributed by atoms with Gasteiger partial charge in [0.1, 0.15) is 0 Å². The molecule has 0 fully saturated rings. The highest BCUT2D eigenvalue weighted by Crippen LogP contribution is 2.08. The van der Waals surface area contributed by atoms with Crippen molar-refractivity contribution >= 4 is 5.78 Å². The van der Waals surface area contributed by atoms with Gasteiger partial charge in [0.25, 0.3) is 0 Å². The maximum Gasteiger partial charge on any atom is 0.162 e. The van der Waals surface area contributed by atoms with E-state index in [1.54, 1.807) is 19.1 Å². The van der Waals surface area contributed by atoms with Gasteiger partial charge < -0.3 is 5.73 Å². The molecular weight excluding hydrogens is 114 g/mol. The largest absolute Gasteiger partial charge is 0.399 e. The summed E-state index contributed by atoms with van der Waals surface area (Å²) in [5.74, 6) is 0.171. The van der Waals surface area contributed by atoms with E-state index in [-0.39, 0.29) is 5.78 Å². The molecule has 48 valence electrons. The predicted molar refractivity (Wildman–Crippen MR) is 35.7 cm³/mol. The highest BCUT2D eigenvalue weighted by molar-refractivity contribution is 5.97. The average Bonchev–Trinajstić information content (AvgIpc) is 1.80. The maximum absolute atomic E-state index is 10.8. The standard InChI is InChI=1S/C7H9NO/c1-5-4-6(8)2-3-7(5)9/h2,4H,3,8H2,1H3. The molecule has 0 radical (unpaired) electrons. The minimum Gasteiger partial charge on any atom is -0.399 e. The van der Waals surface area contributed by atoms with Crippen LogP contribution in [0, 0.1) is 0 Å². The van der Waals surface area contributed by atoms with E-state index < -0.39 is 0 Å². The second-order valence-electron chi connectivity index (χ2n) is 2.16. The monoisotopic (exact) mass is 123 g/mol. The van der Waals surface area contributed by atoms with Gasteiger partial charge in [0.05, 0.1) is 0 Å². The molecule has 0 bridgehead atoms. The van der Waals surface area contributed by atoms with Gasteiger partial charge in [0, 0.05) is 12.1 Å². The minimum absolute atomic E-state index is 0.171. The van der Waals surface area contributed by atoms with Crippen LogP contribution in [0.1, 0.15) is 13.3 Å².